The van der Waals surface area contributed by atoms with Gasteiger partial charge in [0, 0.05) is 23.9 Å². The molecule has 3 aliphatic rings. The Morgan fingerprint density at radius 2 is 2.25 bits per heavy atom. The molecule has 4 atom stereocenters. The van der Waals surface area contributed by atoms with Gasteiger partial charge in [0.15, 0.2) is 0 Å². The molecule has 104 valence electrons. The van der Waals surface area contributed by atoms with Gasteiger partial charge in [-0.05, 0) is 44.2 Å². The van der Waals surface area contributed by atoms with Crippen molar-refractivity contribution in [3.05, 3.63) is 30.1 Å². The van der Waals surface area contributed by atoms with Crippen molar-refractivity contribution < 1.29 is 9.63 Å². The molecule has 2 aliphatic carbocycles. The Bertz CT molecular complexity index is 615. The summed E-state index contributed by atoms with van der Waals surface area (Å²) < 4.78 is 0. The highest BCUT2D eigenvalue weighted by Gasteiger charge is 2.75. The number of fused-ring (bicyclic) bond motifs is 5. The van der Waals surface area contributed by atoms with Gasteiger partial charge in [0.2, 0.25) is 5.60 Å². The van der Waals surface area contributed by atoms with Gasteiger partial charge in [-0.1, -0.05) is 5.16 Å². The minimum Gasteiger partial charge on any atom is -0.378 e. The van der Waals surface area contributed by atoms with Gasteiger partial charge in [-0.15, -0.1) is 0 Å². The summed E-state index contributed by atoms with van der Waals surface area (Å²) in [6, 6.07) is 3.84. The third kappa shape index (κ3) is 1.09. The van der Waals surface area contributed by atoms with E-state index in [2.05, 4.69) is 17.1 Å². The number of nitrogens with zero attached hydrogens (tertiary/aromatic N) is 2. The van der Waals surface area contributed by atoms with E-state index in [-0.39, 0.29) is 11.8 Å². The lowest BCUT2D eigenvalue weighted by Crippen LogP contribution is -2.60. The summed E-state index contributed by atoms with van der Waals surface area (Å²) in [4.78, 5) is 22.1. The van der Waals surface area contributed by atoms with Gasteiger partial charge >= 0.3 is 0 Å². The van der Waals surface area contributed by atoms with Crippen molar-refractivity contribution in [2.24, 2.45) is 28.1 Å². The average molecular weight is 271 g/mol. The fourth-order valence-electron chi connectivity index (χ4n) is 4.71. The van der Waals surface area contributed by atoms with E-state index in [1.807, 2.05) is 12.1 Å². The number of aromatic nitrogens is 1. The standard InChI is InChI=1S/C15H17N3O2/c1-14-10-4-5-11(7-10)15(14,13(16)19)20-18-12(14)9-3-2-6-17-8-9/h2-3,6,8,10-11H,4-5,7H2,1H3,(H2,16,19)/t10-,11+,14-,15+/m1/s1. The second-order valence-corrected chi connectivity index (χ2v) is 6.28. The lowest BCUT2D eigenvalue weighted by Gasteiger charge is -2.42. The van der Waals surface area contributed by atoms with Gasteiger partial charge in [-0.2, -0.15) is 0 Å². The number of oxime groups is 1. The number of hydrogen-bond donors (Lipinski definition) is 1. The van der Waals surface area contributed by atoms with Crippen molar-refractivity contribution in [2.75, 3.05) is 0 Å². The van der Waals surface area contributed by atoms with E-state index in [1.165, 1.54) is 0 Å². The SMILES string of the molecule is C[C@@]12C(c3cccnc3)=NO[C@]1(C(N)=O)[C@H]1CC[C@@H]2C1. The van der Waals surface area contributed by atoms with Crippen molar-refractivity contribution in [2.45, 2.75) is 31.8 Å². The van der Waals surface area contributed by atoms with Crippen LogP contribution >= 0.6 is 0 Å². The smallest absolute Gasteiger partial charge is 0.265 e. The zero-order valence-corrected chi connectivity index (χ0v) is 11.4. The summed E-state index contributed by atoms with van der Waals surface area (Å²) in [5.74, 6) is 0.212. The summed E-state index contributed by atoms with van der Waals surface area (Å²) in [5, 5.41) is 4.27. The fourth-order valence-corrected chi connectivity index (χ4v) is 4.71. The highest BCUT2D eigenvalue weighted by molar-refractivity contribution is 6.10. The predicted molar refractivity (Wildman–Crippen MR) is 72.7 cm³/mol. The van der Waals surface area contributed by atoms with Crippen LogP contribution in [0, 0.1) is 17.3 Å². The van der Waals surface area contributed by atoms with Crippen LogP contribution in [0.15, 0.2) is 29.7 Å². The van der Waals surface area contributed by atoms with E-state index in [1.54, 1.807) is 12.4 Å². The zero-order chi connectivity index (χ0) is 14.0. The first kappa shape index (κ1) is 11.9. The number of rotatable bonds is 2. The normalized spacial score (nSPS) is 41.1. The van der Waals surface area contributed by atoms with Crippen LogP contribution < -0.4 is 5.73 Å². The Morgan fingerprint density at radius 3 is 2.95 bits per heavy atom. The lowest BCUT2D eigenvalue weighted by molar-refractivity contribution is -0.160. The number of nitrogens with two attached hydrogens (primary N) is 1. The predicted octanol–water partition coefficient (Wildman–Crippen LogP) is 1.48. The summed E-state index contributed by atoms with van der Waals surface area (Å²) in [6.45, 7) is 2.08. The number of primary amides is 1. The third-order valence-electron chi connectivity index (χ3n) is 5.67. The van der Waals surface area contributed by atoms with Crippen LogP contribution in [0.4, 0.5) is 0 Å². The molecular weight excluding hydrogens is 254 g/mol. The van der Waals surface area contributed by atoms with Crippen LogP contribution in [-0.4, -0.2) is 22.2 Å². The van der Waals surface area contributed by atoms with E-state index in [0.717, 1.165) is 30.5 Å². The molecule has 20 heavy (non-hydrogen) atoms. The van der Waals surface area contributed by atoms with Crippen molar-refractivity contribution in [1.82, 2.24) is 4.98 Å². The first-order valence-corrected chi connectivity index (χ1v) is 7.07. The van der Waals surface area contributed by atoms with E-state index in [4.69, 9.17) is 10.6 Å². The Labute approximate surface area is 117 Å². The van der Waals surface area contributed by atoms with E-state index >= 15 is 0 Å². The molecule has 1 aromatic heterocycles. The van der Waals surface area contributed by atoms with Crippen molar-refractivity contribution in [3.63, 3.8) is 0 Å². The molecule has 5 heteroatoms. The highest BCUT2D eigenvalue weighted by atomic mass is 16.7. The molecule has 5 nitrogen and oxygen atoms in total. The second kappa shape index (κ2) is 3.59. The minimum atomic E-state index is -0.957. The number of carbonyl (C=O) groups is 1. The molecule has 0 unspecified atom stereocenters. The summed E-state index contributed by atoms with van der Waals surface area (Å²) >= 11 is 0. The summed E-state index contributed by atoms with van der Waals surface area (Å²) in [6.07, 6.45) is 6.61. The number of amides is 1. The molecule has 2 saturated carbocycles. The quantitative estimate of drug-likeness (QED) is 0.885. The maximum Gasteiger partial charge on any atom is 0.265 e. The molecule has 4 rings (SSSR count). The van der Waals surface area contributed by atoms with Crippen molar-refractivity contribution >= 4 is 11.6 Å². The number of hydrogen-bond acceptors (Lipinski definition) is 4. The van der Waals surface area contributed by atoms with E-state index < -0.39 is 11.0 Å². The van der Waals surface area contributed by atoms with Gasteiger partial charge < -0.3 is 10.6 Å². The maximum atomic E-state index is 12.2. The number of pyridine rings is 1. The largest absolute Gasteiger partial charge is 0.378 e. The Balaban J connectivity index is 1.88. The second-order valence-electron chi connectivity index (χ2n) is 6.28. The van der Waals surface area contributed by atoms with Gasteiger partial charge in [-0.25, -0.2) is 0 Å². The Kier molecular flexibility index (Phi) is 2.13. The first-order valence-electron chi connectivity index (χ1n) is 7.07. The van der Waals surface area contributed by atoms with Crippen LogP contribution in [0.3, 0.4) is 0 Å². The first-order chi connectivity index (χ1) is 9.60. The summed E-state index contributed by atoms with van der Waals surface area (Å²) in [5.41, 5.74) is 6.10. The Morgan fingerprint density at radius 1 is 1.45 bits per heavy atom. The molecule has 0 spiro atoms. The Hall–Kier alpha value is -1.91. The molecule has 1 aliphatic heterocycles. The van der Waals surface area contributed by atoms with Crippen LogP contribution in [0.25, 0.3) is 0 Å². The molecule has 2 N–H and O–H groups in total. The number of carbonyl (C=O) groups excluding carboxylic acids is 1. The van der Waals surface area contributed by atoms with E-state index in [9.17, 15) is 4.79 Å². The molecule has 0 saturated heterocycles. The lowest BCUT2D eigenvalue weighted by atomic mass is 9.60. The summed E-state index contributed by atoms with van der Waals surface area (Å²) in [7, 11) is 0. The average Bonchev–Trinajstić information content (AvgIpc) is 3.08. The molecule has 2 bridgehead atoms. The van der Waals surface area contributed by atoms with Crippen molar-refractivity contribution in [3.8, 4) is 0 Å². The van der Waals surface area contributed by atoms with Crippen molar-refractivity contribution in [1.29, 1.82) is 0 Å². The van der Waals surface area contributed by atoms with Gasteiger partial charge in [0.1, 0.15) is 0 Å². The fraction of sp³-hybridized carbons (Fsp3) is 0.533. The topological polar surface area (TPSA) is 77.6 Å². The van der Waals surface area contributed by atoms with E-state index in [0.29, 0.717) is 5.92 Å². The van der Waals surface area contributed by atoms with Crippen LogP contribution in [0.2, 0.25) is 0 Å². The van der Waals surface area contributed by atoms with Gasteiger partial charge in [0.05, 0.1) is 11.1 Å². The molecule has 1 aromatic rings. The van der Waals surface area contributed by atoms with Crippen LogP contribution in [0.1, 0.15) is 31.7 Å². The molecule has 2 fully saturated rings. The minimum absolute atomic E-state index is 0.188. The monoisotopic (exact) mass is 271 g/mol. The molecule has 1 amide bonds. The zero-order valence-electron chi connectivity index (χ0n) is 11.4. The van der Waals surface area contributed by atoms with Gasteiger partial charge in [0.25, 0.3) is 5.91 Å². The van der Waals surface area contributed by atoms with Crippen LogP contribution in [0.5, 0.6) is 0 Å². The molecule has 0 radical (unpaired) electrons. The highest BCUT2D eigenvalue weighted by Crippen LogP contribution is 2.66. The third-order valence-corrected chi connectivity index (χ3v) is 5.67. The van der Waals surface area contributed by atoms with Gasteiger partial charge in [-0.3, -0.25) is 9.78 Å². The molecular formula is C15H17N3O2. The molecule has 0 aromatic carbocycles. The molecule has 2 heterocycles. The maximum absolute atomic E-state index is 12.2. The van der Waals surface area contributed by atoms with Crippen LogP contribution in [-0.2, 0) is 9.63 Å².